The zero-order chi connectivity index (χ0) is 23.8. The fourth-order valence-electron chi connectivity index (χ4n) is 3.75. The van der Waals surface area contributed by atoms with Gasteiger partial charge in [0.15, 0.2) is 0 Å². The molecule has 176 valence electrons. The van der Waals surface area contributed by atoms with Crippen molar-refractivity contribution in [3.05, 3.63) is 53.9 Å². The molecule has 0 saturated carbocycles. The largest absolute Gasteiger partial charge is 0.450 e. The van der Waals surface area contributed by atoms with Gasteiger partial charge in [0.1, 0.15) is 6.07 Å². The Kier molecular flexibility index (Phi) is 8.11. The molecule has 1 fully saturated rings. The Morgan fingerprint density at radius 1 is 1.18 bits per heavy atom. The van der Waals surface area contributed by atoms with E-state index in [1.807, 2.05) is 17.9 Å². The molecule has 0 aliphatic carbocycles. The van der Waals surface area contributed by atoms with Gasteiger partial charge < -0.3 is 14.5 Å². The van der Waals surface area contributed by atoms with E-state index < -0.39 is 10.0 Å². The topological polar surface area (TPSA) is 107 Å². The number of anilines is 2. The molecule has 1 aliphatic heterocycles. The maximum absolute atomic E-state index is 13.0. The number of pyridine rings is 1. The van der Waals surface area contributed by atoms with Gasteiger partial charge in [-0.15, -0.1) is 0 Å². The summed E-state index contributed by atoms with van der Waals surface area (Å²) in [6.45, 7) is 6.09. The van der Waals surface area contributed by atoms with Gasteiger partial charge in [-0.2, -0.15) is 5.26 Å². The number of piperazine rings is 1. The lowest BCUT2D eigenvalue weighted by Crippen LogP contribution is -2.49. The Morgan fingerprint density at radius 2 is 1.94 bits per heavy atom. The predicted octanol–water partition coefficient (Wildman–Crippen LogP) is 2.98. The minimum Gasteiger partial charge on any atom is -0.450 e. The number of amides is 1. The molecule has 0 atom stereocenters. The third kappa shape index (κ3) is 5.93. The molecule has 10 heteroatoms. The van der Waals surface area contributed by atoms with Crippen molar-refractivity contribution in [2.45, 2.75) is 26.8 Å². The standard InChI is InChI=1S/C23H29N5O4S/c1-3-15-33(30,31)28(18-20-7-5-6-10-25-20)21-8-9-22(19(16-21)17-24)26-11-13-27(14-12-26)23(29)32-4-2/h5-10,16H,3-4,11-15,18H2,1-2H3. The zero-order valence-corrected chi connectivity index (χ0v) is 19.8. The second kappa shape index (κ2) is 11.0. The molecule has 1 aromatic heterocycles. The van der Waals surface area contributed by atoms with E-state index in [0.717, 1.165) is 5.69 Å². The van der Waals surface area contributed by atoms with Crippen LogP contribution in [0.1, 0.15) is 31.5 Å². The Bertz CT molecular complexity index is 1090. The number of hydrogen-bond acceptors (Lipinski definition) is 7. The lowest BCUT2D eigenvalue weighted by molar-refractivity contribution is 0.105. The average Bonchev–Trinajstić information content (AvgIpc) is 2.83. The van der Waals surface area contributed by atoms with E-state index in [9.17, 15) is 18.5 Å². The highest BCUT2D eigenvalue weighted by Gasteiger charge is 2.26. The van der Waals surface area contributed by atoms with Crippen molar-refractivity contribution < 1.29 is 17.9 Å². The highest BCUT2D eigenvalue weighted by molar-refractivity contribution is 7.92. The van der Waals surface area contributed by atoms with Crippen LogP contribution in [0.15, 0.2) is 42.6 Å². The molecule has 33 heavy (non-hydrogen) atoms. The van der Waals surface area contributed by atoms with Gasteiger partial charge in [0.2, 0.25) is 10.0 Å². The summed E-state index contributed by atoms with van der Waals surface area (Å²) < 4.78 is 32.4. The van der Waals surface area contributed by atoms with Crippen molar-refractivity contribution in [3.63, 3.8) is 0 Å². The van der Waals surface area contributed by atoms with E-state index in [1.165, 1.54) is 4.31 Å². The minimum atomic E-state index is -3.60. The molecule has 0 radical (unpaired) electrons. The van der Waals surface area contributed by atoms with E-state index in [4.69, 9.17) is 4.74 Å². The molecule has 0 bridgehead atoms. The van der Waals surface area contributed by atoms with Crippen LogP contribution in [0.25, 0.3) is 0 Å². The molecule has 3 rings (SSSR count). The highest BCUT2D eigenvalue weighted by atomic mass is 32.2. The molecule has 9 nitrogen and oxygen atoms in total. The number of carbonyl (C=O) groups excluding carboxylic acids is 1. The van der Waals surface area contributed by atoms with Crippen LogP contribution in [0.5, 0.6) is 0 Å². The predicted molar refractivity (Wildman–Crippen MR) is 126 cm³/mol. The summed E-state index contributed by atoms with van der Waals surface area (Å²) in [5, 5.41) is 9.82. The fraction of sp³-hybridized carbons (Fsp3) is 0.435. The summed E-state index contributed by atoms with van der Waals surface area (Å²) in [5.41, 5.74) is 2.15. The van der Waals surface area contributed by atoms with Crippen LogP contribution in [-0.4, -0.2) is 62.9 Å². The number of sulfonamides is 1. The van der Waals surface area contributed by atoms with Gasteiger partial charge >= 0.3 is 6.09 Å². The van der Waals surface area contributed by atoms with Crippen molar-refractivity contribution in [1.29, 1.82) is 5.26 Å². The van der Waals surface area contributed by atoms with Crippen LogP contribution >= 0.6 is 0 Å². The number of aromatic nitrogens is 1. The van der Waals surface area contributed by atoms with E-state index in [0.29, 0.717) is 56.2 Å². The summed E-state index contributed by atoms with van der Waals surface area (Å²) in [5.74, 6) is -0.000703. The maximum atomic E-state index is 13.0. The van der Waals surface area contributed by atoms with Gasteiger partial charge in [-0.25, -0.2) is 13.2 Å². The number of ether oxygens (including phenoxy) is 1. The fourth-order valence-corrected chi connectivity index (χ4v) is 5.25. The highest BCUT2D eigenvalue weighted by Crippen LogP contribution is 2.29. The first kappa shape index (κ1) is 24.3. The molecule has 1 saturated heterocycles. The van der Waals surface area contributed by atoms with Crippen LogP contribution in [0.2, 0.25) is 0 Å². The molecular weight excluding hydrogens is 442 g/mol. The van der Waals surface area contributed by atoms with Crippen molar-refractivity contribution in [3.8, 4) is 6.07 Å². The number of benzene rings is 1. The smallest absolute Gasteiger partial charge is 0.409 e. The molecule has 0 N–H and O–H groups in total. The molecule has 0 unspecified atom stereocenters. The second-order valence-electron chi connectivity index (χ2n) is 7.63. The Morgan fingerprint density at radius 3 is 2.55 bits per heavy atom. The number of nitriles is 1. The third-order valence-corrected chi connectivity index (χ3v) is 7.30. The number of carbonyl (C=O) groups is 1. The second-order valence-corrected chi connectivity index (χ2v) is 9.64. The van der Waals surface area contributed by atoms with Gasteiger partial charge in [0.25, 0.3) is 0 Å². The van der Waals surface area contributed by atoms with Gasteiger partial charge in [-0.1, -0.05) is 13.0 Å². The van der Waals surface area contributed by atoms with Crippen LogP contribution in [0.4, 0.5) is 16.2 Å². The normalized spacial score (nSPS) is 14.0. The van der Waals surface area contributed by atoms with E-state index >= 15 is 0 Å². The monoisotopic (exact) mass is 471 g/mol. The molecule has 1 amide bonds. The van der Waals surface area contributed by atoms with Crippen LogP contribution in [0.3, 0.4) is 0 Å². The average molecular weight is 472 g/mol. The van der Waals surface area contributed by atoms with Crippen molar-refractivity contribution in [2.24, 2.45) is 0 Å². The van der Waals surface area contributed by atoms with Crippen molar-refractivity contribution in [2.75, 3.05) is 47.7 Å². The number of nitrogens with zero attached hydrogens (tertiary/aromatic N) is 5. The summed E-state index contributed by atoms with van der Waals surface area (Å²) in [4.78, 5) is 19.9. The molecule has 2 aromatic rings. The molecule has 0 spiro atoms. The van der Waals surface area contributed by atoms with Gasteiger partial charge in [0.05, 0.1) is 41.5 Å². The Hall–Kier alpha value is -3.32. The summed E-state index contributed by atoms with van der Waals surface area (Å²) in [6, 6.07) is 12.7. The quantitative estimate of drug-likeness (QED) is 0.582. The maximum Gasteiger partial charge on any atom is 0.409 e. The number of rotatable bonds is 8. The Labute approximate surface area is 195 Å². The van der Waals surface area contributed by atoms with Gasteiger partial charge in [-0.3, -0.25) is 9.29 Å². The summed E-state index contributed by atoms with van der Waals surface area (Å²) in [6.07, 6.45) is 1.77. The van der Waals surface area contributed by atoms with E-state index in [-0.39, 0.29) is 18.4 Å². The van der Waals surface area contributed by atoms with Gasteiger partial charge in [0, 0.05) is 32.4 Å². The van der Waals surface area contributed by atoms with Gasteiger partial charge in [-0.05, 0) is 43.7 Å². The SMILES string of the molecule is CCCS(=O)(=O)N(Cc1ccccn1)c1ccc(N2CCN(C(=O)OCC)CC2)c(C#N)c1. The molecule has 2 heterocycles. The summed E-state index contributed by atoms with van der Waals surface area (Å²) >= 11 is 0. The lowest BCUT2D eigenvalue weighted by Gasteiger charge is -2.36. The minimum absolute atomic E-state index is 0.000703. The first-order valence-electron chi connectivity index (χ1n) is 11.0. The first-order valence-corrected chi connectivity index (χ1v) is 12.6. The van der Waals surface area contributed by atoms with Crippen molar-refractivity contribution >= 4 is 27.5 Å². The molecular formula is C23H29N5O4S. The number of hydrogen-bond donors (Lipinski definition) is 0. The molecule has 1 aromatic carbocycles. The van der Waals surface area contributed by atoms with Crippen molar-refractivity contribution in [1.82, 2.24) is 9.88 Å². The van der Waals surface area contributed by atoms with E-state index in [2.05, 4.69) is 11.1 Å². The van der Waals surface area contributed by atoms with Crippen LogP contribution in [-0.2, 0) is 21.3 Å². The zero-order valence-electron chi connectivity index (χ0n) is 19.0. The lowest BCUT2D eigenvalue weighted by atomic mass is 10.1. The summed E-state index contributed by atoms with van der Waals surface area (Å²) in [7, 11) is -3.60. The first-order chi connectivity index (χ1) is 15.9. The Balaban J connectivity index is 1.86. The van der Waals surface area contributed by atoms with E-state index in [1.54, 1.807) is 48.4 Å². The van der Waals surface area contributed by atoms with Crippen LogP contribution in [0, 0.1) is 11.3 Å². The third-order valence-electron chi connectivity index (χ3n) is 5.36. The molecule has 1 aliphatic rings. The van der Waals surface area contributed by atoms with Crippen LogP contribution < -0.4 is 9.21 Å².